The Morgan fingerprint density at radius 3 is 2.19 bits per heavy atom. The minimum Gasteiger partial charge on any atom is -0.481 e. The van der Waals surface area contributed by atoms with Crippen LogP contribution in [0.25, 0.3) is 0 Å². The molecule has 1 amide bonds. The van der Waals surface area contributed by atoms with Gasteiger partial charge in [0.2, 0.25) is 0 Å². The SMILES string of the molecule is CCOP(=O)(OCC)c1ccc(CC(=O)O)c(NC(=O)OC(C)(C)C)c1. The molecule has 0 heterocycles. The van der Waals surface area contributed by atoms with Crippen LogP contribution in [0, 0.1) is 0 Å². The molecule has 8 nitrogen and oxygen atoms in total. The Labute approximate surface area is 153 Å². The summed E-state index contributed by atoms with van der Waals surface area (Å²) in [5, 5.41) is 11.8. The van der Waals surface area contributed by atoms with Gasteiger partial charge < -0.3 is 18.9 Å². The Kier molecular flexibility index (Phi) is 7.81. The smallest absolute Gasteiger partial charge is 0.412 e. The highest BCUT2D eigenvalue weighted by Gasteiger charge is 2.28. The highest BCUT2D eigenvalue weighted by atomic mass is 31.2. The standard InChI is InChI=1S/C17H26NO7P/c1-6-23-26(22,24-7-2)13-9-8-12(10-15(19)20)14(11-13)18-16(21)25-17(3,4)5/h8-9,11H,6-7,10H2,1-5H3,(H,18,21)(H,19,20). The van der Waals surface area contributed by atoms with Gasteiger partial charge in [-0.05, 0) is 52.3 Å². The molecule has 0 saturated heterocycles. The number of ether oxygens (including phenoxy) is 1. The molecular formula is C17H26NO7P. The van der Waals surface area contributed by atoms with Gasteiger partial charge in [0.25, 0.3) is 0 Å². The fourth-order valence-electron chi connectivity index (χ4n) is 2.11. The first kappa shape index (κ1) is 22.2. The van der Waals surface area contributed by atoms with E-state index in [4.69, 9.17) is 18.9 Å². The van der Waals surface area contributed by atoms with Crippen molar-refractivity contribution in [2.45, 2.75) is 46.6 Å². The van der Waals surface area contributed by atoms with Crippen molar-refractivity contribution in [1.29, 1.82) is 0 Å². The third kappa shape index (κ3) is 6.78. The molecule has 0 radical (unpaired) electrons. The zero-order chi connectivity index (χ0) is 20.0. The number of carbonyl (C=O) groups is 2. The Morgan fingerprint density at radius 2 is 1.73 bits per heavy atom. The molecule has 1 aromatic rings. The molecule has 0 spiro atoms. The van der Waals surface area contributed by atoms with Gasteiger partial charge in [-0.1, -0.05) is 6.07 Å². The molecule has 2 N–H and O–H groups in total. The number of hydrogen-bond donors (Lipinski definition) is 2. The first-order valence-electron chi connectivity index (χ1n) is 8.25. The molecule has 0 unspecified atom stereocenters. The molecule has 146 valence electrons. The number of rotatable bonds is 8. The topological polar surface area (TPSA) is 111 Å². The highest BCUT2D eigenvalue weighted by molar-refractivity contribution is 7.62. The molecular weight excluding hydrogens is 361 g/mol. The van der Waals surface area contributed by atoms with E-state index in [2.05, 4.69) is 5.32 Å². The summed E-state index contributed by atoms with van der Waals surface area (Å²) in [4.78, 5) is 23.1. The van der Waals surface area contributed by atoms with Crippen LogP contribution in [0.3, 0.4) is 0 Å². The van der Waals surface area contributed by atoms with Crippen molar-refractivity contribution in [3.63, 3.8) is 0 Å². The van der Waals surface area contributed by atoms with Crippen LogP contribution >= 0.6 is 7.60 Å². The zero-order valence-corrected chi connectivity index (χ0v) is 16.6. The monoisotopic (exact) mass is 387 g/mol. The Bertz CT molecular complexity index is 687. The summed E-state index contributed by atoms with van der Waals surface area (Å²) in [5.41, 5.74) is -0.203. The van der Waals surface area contributed by atoms with Gasteiger partial charge in [-0.15, -0.1) is 0 Å². The summed E-state index contributed by atoms with van der Waals surface area (Å²) >= 11 is 0. The molecule has 0 aliphatic heterocycles. The summed E-state index contributed by atoms with van der Waals surface area (Å²) in [7, 11) is -3.58. The van der Waals surface area contributed by atoms with Crippen molar-refractivity contribution in [1.82, 2.24) is 0 Å². The van der Waals surface area contributed by atoms with Crippen molar-refractivity contribution in [3.05, 3.63) is 23.8 Å². The molecule has 1 aromatic carbocycles. The Balaban J connectivity index is 3.27. The molecule has 0 atom stereocenters. The molecule has 1 rings (SSSR count). The van der Waals surface area contributed by atoms with Crippen LogP contribution in [0.2, 0.25) is 0 Å². The van der Waals surface area contributed by atoms with Crippen LogP contribution in [-0.2, 0) is 29.6 Å². The second-order valence-corrected chi connectivity index (χ2v) is 8.40. The molecule has 0 fully saturated rings. The van der Waals surface area contributed by atoms with E-state index in [-0.39, 0.29) is 30.6 Å². The molecule has 0 aliphatic rings. The van der Waals surface area contributed by atoms with E-state index >= 15 is 0 Å². The summed E-state index contributed by atoms with van der Waals surface area (Å²) in [6.07, 6.45) is -1.07. The lowest BCUT2D eigenvalue weighted by molar-refractivity contribution is -0.136. The summed E-state index contributed by atoms with van der Waals surface area (Å²) < 4.78 is 28.7. The second kappa shape index (κ2) is 9.16. The molecule has 26 heavy (non-hydrogen) atoms. The van der Waals surface area contributed by atoms with Crippen LogP contribution in [0.15, 0.2) is 18.2 Å². The number of nitrogens with one attached hydrogen (secondary N) is 1. The fourth-order valence-corrected chi connectivity index (χ4v) is 3.70. The zero-order valence-electron chi connectivity index (χ0n) is 15.7. The Hall–Kier alpha value is -1.89. The summed E-state index contributed by atoms with van der Waals surface area (Å²) in [6.45, 7) is 8.83. The molecule has 0 bridgehead atoms. The number of amides is 1. The minimum absolute atomic E-state index is 0.170. The van der Waals surface area contributed by atoms with E-state index < -0.39 is 25.3 Å². The quantitative estimate of drug-likeness (QED) is 0.656. The van der Waals surface area contributed by atoms with E-state index in [1.807, 2.05) is 0 Å². The maximum atomic E-state index is 12.9. The van der Waals surface area contributed by atoms with Gasteiger partial charge in [-0.25, -0.2) is 4.79 Å². The van der Waals surface area contributed by atoms with Gasteiger partial charge in [0, 0.05) is 5.69 Å². The Morgan fingerprint density at radius 1 is 1.15 bits per heavy atom. The minimum atomic E-state index is -3.58. The van der Waals surface area contributed by atoms with Crippen LogP contribution in [0.1, 0.15) is 40.2 Å². The average molecular weight is 387 g/mol. The number of carboxylic acids is 1. The number of carboxylic acid groups (broad SMARTS) is 1. The van der Waals surface area contributed by atoms with Crippen molar-refractivity contribution in [2.24, 2.45) is 0 Å². The molecule has 0 aliphatic carbocycles. The van der Waals surface area contributed by atoms with E-state index in [0.29, 0.717) is 5.56 Å². The third-order valence-electron chi connectivity index (χ3n) is 2.99. The lowest BCUT2D eigenvalue weighted by Gasteiger charge is -2.22. The highest BCUT2D eigenvalue weighted by Crippen LogP contribution is 2.47. The third-order valence-corrected chi connectivity index (χ3v) is 5.09. The van der Waals surface area contributed by atoms with Gasteiger partial charge in [0.1, 0.15) is 5.60 Å². The van der Waals surface area contributed by atoms with Gasteiger partial charge in [-0.3, -0.25) is 14.7 Å². The van der Waals surface area contributed by atoms with Gasteiger partial charge >= 0.3 is 19.7 Å². The maximum absolute atomic E-state index is 12.9. The predicted molar refractivity (Wildman–Crippen MR) is 98.1 cm³/mol. The van der Waals surface area contributed by atoms with E-state index in [9.17, 15) is 14.2 Å². The van der Waals surface area contributed by atoms with Crippen LogP contribution in [0.4, 0.5) is 10.5 Å². The lowest BCUT2D eigenvalue weighted by atomic mass is 10.1. The van der Waals surface area contributed by atoms with E-state index in [1.165, 1.54) is 18.2 Å². The van der Waals surface area contributed by atoms with Crippen LogP contribution in [-0.4, -0.2) is 36.0 Å². The number of benzene rings is 1. The summed E-state index contributed by atoms with van der Waals surface area (Å²) in [6, 6.07) is 4.35. The molecule has 0 aromatic heterocycles. The molecule has 9 heteroatoms. The van der Waals surface area contributed by atoms with Gasteiger partial charge in [0.05, 0.1) is 24.9 Å². The van der Waals surface area contributed by atoms with Crippen LogP contribution in [0.5, 0.6) is 0 Å². The predicted octanol–water partition coefficient (Wildman–Crippen LogP) is 3.55. The second-order valence-electron chi connectivity index (χ2n) is 6.37. The van der Waals surface area contributed by atoms with E-state index in [0.717, 1.165) is 0 Å². The normalized spacial score (nSPS) is 11.9. The van der Waals surface area contributed by atoms with Crippen molar-refractivity contribution in [3.8, 4) is 0 Å². The van der Waals surface area contributed by atoms with E-state index in [1.54, 1.807) is 34.6 Å². The maximum Gasteiger partial charge on any atom is 0.412 e. The van der Waals surface area contributed by atoms with Crippen LogP contribution < -0.4 is 10.6 Å². The number of hydrogen-bond acceptors (Lipinski definition) is 6. The number of carbonyl (C=O) groups excluding carboxylic acids is 1. The lowest BCUT2D eigenvalue weighted by Crippen LogP contribution is -2.28. The van der Waals surface area contributed by atoms with Crippen molar-refractivity contribution in [2.75, 3.05) is 18.5 Å². The summed E-state index contributed by atoms with van der Waals surface area (Å²) in [5.74, 6) is -1.07. The average Bonchev–Trinajstić information content (AvgIpc) is 2.47. The van der Waals surface area contributed by atoms with Gasteiger partial charge in [-0.2, -0.15) is 0 Å². The fraction of sp³-hybridized carbons (Fsp3) is 0.529. The van der Waals surface area contributed by atoms with Crippen molar-refractivity contribution < 1.29 is 33.0 Å². The molecule has 0 saturated carbocycles. The first-order valence-corrected chi connectivity index (χ1v) is 9.79. The van der Waals surface area contributed by atoms with Crippen molar-refractivity contribution >= 4 is 30.7 Å². The number of anilines is 1. The van der Waals surface area contributed by atoms with Gasteiger partial charge in [0.15, 0.2) is 0 Å². The first-order chi connectivity index (χ1) is 12.0. The largest absolute Gasteiger partial charge is 0.481 e. The number of aliphatic carboxylic acids is 1.